The molecule has 2 saturated heterocycles. The lowest BCUT2D eigenvalue weighted by Crippen LogP contribution is -2.38. The van der Waals surface area contributed by atoms with Crippen LogP contribution in [-0.2, 0) is 25.7 Å². The van der Waals surface area contributed by atoms with E-state index in [-0.39, 0.29) is 54.2 Å². The molecule has 2 aliphatic heterocycles. The molecule has 2 saturated carbocycles. The summed E-state index contributed by atoms with van der Waals surface area (Å²) in [6, 6.07) is 21.7. The van der Waals surface area contributed by atoms with Crippen LogP contribution in [0.25, 0.3) is 0 Å². The fourth-order valence-electron chi connectivity index (χ4n) is 10.1. The second kappa shape index (κ2) is 22.6. The Bertz CT molecular complexity index is 2030. The van der Waals surface area contributed by atoms with Crippen molar-refractivity contribution in [2.45, 2.75) is 141 Å². The first-order chi connectivity index (χ1) is 31.1. The van der Waals surface area contributed by atoms with Gasteiger partial charge in [0.25, 0.3) is 0 Å². The van der Waals surface area contributed by atoms with E-state index in [2.05, 4.69) is 24.0 Å². The first-order valence-corrected chi connectivity index (χ1v) is 23.6. The summed E-state index contributed by atoms with van der Waals surface area (Å²) in [5, 5.41) is 30.2. The van der Waals surface area contributed by atoms with E-state index in [1.54, 1.807) is 26.0 Å². The number of ether oxygens (including phenoxy) is 5. The lowest BCUT2D eigenvalue weighted by molar-refractivity contribution is -0.145. The van der Waals surface area contributed by atoms with Crippen molar-refractivity contribution in [3.8, 4) is 23.0 Å². The molecule has 4 aliphatic rings. The van der Waals surface area contributed by atoms with E-state index >= 15 is 0 Å². The number of esters is 1. The molecule has 0 aromatic heterocycles. The highest BCUT2D eigenvalue weighted by Crippen LogP contribution is 2.49. The molecule has 6 atom stereocenters. The van der Waals surface area contributed by atoms with Crippen molar-refractivity contribution in [1.29, 1.82) is 0 Å². The van der Waals surface area contributed by atoms with E-state index in [0.717, 1.165) is 60.4 Å². The largest absolute Gasteiger partial charge is 0.493 e. The quantitative estimate of drug-likeness (QED) is 0.105. The maximum absolute atomic E-state index is 12.6. The number of carbonyl (C=O) groups excluding carboxylic acids is 2. The summed E-state index contributed by atoms with van der Waals surface area (Å²) < 4.78 is 29.1. The summed E-state index contributed by atoms with van der Waals surface area (Å²) in [4.78, 5) is 39.7. The van der Waals surface area contributed by atoms with Crippen molar-refractivity contribution in [1.82, 2.24) is 9.80 Å². The normalized spacial score (nSPS) is 24.5. The number of methoxy groups -OCH3 is 2. The highest BCUT2D eigenvalue weighted by molar-refractivity contribution is 5.81. The first kappa shape index (κ1) is 49.6. The number of carboxylic acids is 1. The third-order valence-electron chi connectivity index (χ3n) is 14.6. The number of nitrogens with zero attached hydrogens (tertiary/aromatic N) is 2. The van der Waals surface area contributed by atoms with Crippen LogP contribution in [-0.4, -0.2) is 114 Å². The number of aliphatic hydroxyl groups is 2. The van der Waals surface area contributed by atoms with E-state index in [4.69, 9.17) is 28.8 Å². The second-order valence-corrected chi connectivity index (χ2v) is 19.1. The number of aliphatic hydroxyl groups excluding tert-OH is 2. The second-order valence-electron chi connectivity index (χ2n) is 19.1. The number of carboxylic acid groups (broad SMARTS) is 1. The third kappa shape index (κ3) is 12.5. The van der Waals surface area contributed by atoms with Crippen molar-refractivity contribution in [2.24, 2.45) is 10.8 Å². The lowest BCUT2D eigenvalue weighted by Gasteiger charge is -2.34. The van der Waals surface area contributed by atoms with Crippen LogP contribution in [0, 0.1) is 10.8 Å². The summed E-state index contributed by atoms with van der Waals surface area (Å²) in [5.41, 5.74) is 2.22. The molecule has 1 unspecified atom stereocenters. The number of hydrogen-bond acceptors (Lipinski definition) is 11. The van der Waals surface area contributed by atoms with E-state index in [9.17, 15) is 24.6 Å². The Morgan fingerprint density at radius 1 is 0.677 bits per heavy atom. The van der Waals surface area contributed by atoms with Gasteiger partial charge >= 0.3 is 11.9 Å². The van der Waals surface area contributed by atoms with Gasteiger partial charge in [0.05, 0.1) is 51.5 Å². The number of amides is 1. The number of hydrogen-bond donors (Lipinski definition) is 3. The summed E-state index contributed by atoms with van der Waals surface area (Å²) in [5.74, 6) is 1.55. The van der Waals surface area contributed by atoms with Crippen molar-refractivity contribution >= 4 is 17.8 Å². The average molecular weight is 901 g/mol. The molecule has 3 N–H and O–H groups in total. The van der Waals surface area contributed by atoms with Gasteiger partial charge in [0, 0.05) is 61.8 Å². The van der Waals surface area contributed by atoms with Crippen molar-refractivity contribution < 1.29 is 53.4 Å². The molecule has 13 heteroatoms. The third-order valence-corrected chi connectivity index (χ3v) is 14.6. The number of benzene rings is 3. The van der Waals surface area contributed by atoms with Crippen LogP contribution in [0.15, 0.2) is 66.7 Å². The predicted octanol–water partition coefficient (Wildman–Crippen LogP) is 8.13. The van der Waals surface area contributed by atoms with Crippen molar-refractivity contribution in [3.63, 3.8) is 0 Å². The van der Waals surface area contributed by atoms with Gasteiger partial charge in [-0.1, -0.05) is 56.3 Å². The Kier molecular flexibility index (Phi) is 17.2. The molecule has 13 nitrogen and oxygen atoms in total. The van der Waals surface area contributed by atoms with Gasteiger partial charge in [-0.3, -0.25) is 14.4 Å². The Balaban J connectivity index is 0.000000218. The van der Waals surface area contributed by atoms with Gasteiger partial charge in [0.15, 0.2) is 23.0 Å². The zero-order chi connectivity index (χ0) is 46.7. The number of likely N-dealkylation sites (tertiary alicyclic amines) is 2. The molecule has 3 aromatic rings. The van der Waals surface area contributed by atoms with Gasteiger partial charge in [0.1, 0.15) is 6.61 Å². The van der Waals surface area contributed by atoms with Crippen molar-refractivity contribution in [2.75, 3.05) is 46.9 Å². The minimum absolute atomic E-state index is 0.0312. The Labute approximate surface area is 385 Å². The molecule has 356 valence electrons. The number of aliphatic carboxylic acids is 1. The number of carbonyl (C=O) groups is 3. The van der Waals surface area contributed by atoms with Gasteiger partial charge in [-0.25, -0.2) is 0 Å². The van der Waals surface area contributed by atoms with Gasteiger partial charge in [-0.15, -0.1) is 0 Å². The molecule has 0 radical (unpaired) electrons. The molecule has 2 aliphatic carbocycles. The monoisotopic (exact) mass is 901 g/mol. The molecule has 65 heavy (non-hydrogen) atoms. The Morgan fingerprint density at radius 2 is 1.18 bits per heavy atom. The predicted molar refractivity (Wildman–Crippen MR) is 248 cm³/mol. The summed E-state index contributed by atoms with van der Waals surface area (Å²) in [6.07, 6.45) is 8.39. The Hall–Kier alpha value is -4.85. The standard InChI is InChI=1S/C29H39NO5.C23H33NO6/c1-21(31)29(2)20-30(16-15-28(32)34-19-22-9-5-4-6-10-22)18-25(29)23-13-14-26(33-3)27(17-23)35-24-11-7-8-12-24;1-15(25)23(2)14-24(21(26)10-11-22(27)28)13-18(23)16-8-9-19(29-3)20(12-16)30-17-6-4-5-7-17/h4-6,9-10,13-14,17,21,24-25,31H,7-8,11-12,15-16,18-20H2,1-3H3;8-9,12,15,17-18,25H,4-7,10-11,13-14H2,1-3H3,(H,27,28)/t21?,25-,29-;15-,18+,23+/m01/s1. The summed E-state index contributed by atoms with van der Waals surface area (Å²) in [7, 11) is 3.29. The minimum atomic E-state index is -0.985. The maximum atomic E-state index is 12.6. The smallest absolute Gasteiger partial charge is 0.307 e. The van der Waals surface area contributed by atoms with Crippen LogP contribution in [0.2, 0.25) is 0 Å². The van der Waals surface area contributed by atoms with Gasteiger partial charge < -0.3 is 48.8 Å². The van der Waals surface area contributed by atoms with Crippen LogP contribution in [0.4, 0.5) is 0 Å². The maximum Gasteiger partial charge on any atom is 0.307 e. The fourth-order valence-corrected chi connectivity index (χ4v) is 10.1. The molecule has 0 spiro atoms. The van der Waals surface area contributed by atoms with Crippen LogP contribution >= 0.6 is 0 Å². The molecule has 4 fully saturated rings. The van der Waals surface area contributed by atoms with Gasteiger partial charge in [0.2, 0.25) is 5.91 Å². The summed E-state index contributed by atoms with van der Waals surface area (Å²) >= 11 is 0. The molecular formula is C52H72N2O11. The molecule has 0 bridgehead atoms. The molecule has 2 heterocycles. The molecule has 7 rings (SSSR count). The van der Waals surface area contributed by atoms with E-state index < -0.39 is 23.6 Å². The summed E-state index contributed by atoms with van der Waals surface area (Å²) in [6.45, 7) is 10.9. The first-order valence-electron chi connectivity index (χ1n) is 23.6. The minimum Gasteiger partial charge on any atom is -0.493 e. The van der Waals surface area contributed by atoms with Crippen LogP contribution < -0.4 is 18.9 Å². The number of rotatable bonds is 18. The highest BCUT2D eigenvalue weighted by atomic mass is 16.5. The topological polar surface area (TPSA) is 165 Å². The van der Waals surface area contributed by atoms with Gasteiger partial charge in [-0.2, -0.15) is 0 Å². The molecular weight excluding hydrogens is 829 g/mol. The van der Waals surface area contributed by atoms with E-state index in [1.165, 1.54) is 25.7 Å². The average Bonchev–Trinajstić information content (AvgIpc) is 4.13. The Morgan fingerprint density at radius 3 is 1.68 bits per heavy atom. The molecule has 3 aromatic carbocycles. The van der Waals surface area contributed by atoms with Crippen molar-refractivity contribution in [3.05, 3.63) is 83.4 Å². The van der Waals surface area contributed by atoms with E-state index in [1.807, 2.05) is 68.4 Å². The van der Waals surface area contributed by atoms with Gasteiger partial charge in [-0.05, 0) is 106 Å². The molecule has 1 amide bonds. The zero-order valence-corrected chi connectivity index (χ0v) is 39.3. The highest BCUT2D eigenvalue weighted by Gasteiger charge is 2.49. The van der Waals surface area contributed by atoms with Crippen LogP contribution in [0.5, 0.6) is 23.0 Å². The van der Waals surface area contributed by atoms with Crippen LogP contribution in [0.3, 0.4) is 0 Å². The SMILES string of the molecule is COc1ccc([C@@H]2CN(C(=O)CCC(=O)O)C[C@@]2(C)[C@@H](C)O)cc1OC1CCCC1.COc1ccc([C@@H]2CN(CCC(=O)OCc3ccccc3)C[C@@]2(C)C(C)O)cc1OC1CCCC1. The fraction of sp³-hybridized carbons (Fsp3) is 0.596. The zero-order valence-electron chi connectivity index (χ0n) is 39.3. The lowest BCUT2D eigenvalue weighted by atomic mass is 9.72. The van der Waals surface area contributed by atoms with E-state index in [0.29, 0.717) is 50.7 Å². The van der Waals surface area contributed by atoms with Crippen LogP contribution in [0.1, 0.15) is 127 Å².